The molecule has 1 atom stereocenters. The smallest absolute Gasteiger partial charge is 0.242 e. The van der Waals surface area contributed by atoms with Crippen LogP contribution in [0.5, 0.6) is 0 Å². The minimum Gasteiger partial charge on any atom is -0.310 e. The minimum absolute atomic E-state index is 0.320. The summed E-state index contributed by atoms with van der Waals surface area (Å²) in [6.07, 6.45) is 2.79. The van der Waals surface area contributed by atoms with E-state index in [-0.39, 0.29) is 5.91 Å². The number of pyridine rings is 1. The molecule has 0 aliphatic rings. The monoisotopic (exact) mass is 237 g/mol. The maximum absolute atomic E-state index is 11.6. The van der Waals surface area contributed by atoms with Crippen molar-refractivity contribution in [1.29, 1.82) is 5.26 Å². The summed E-state index contributed by atoms with van der Waals surface area (Å²) in [6, 6.07) is 5.20. The van der Waals surface area contributed by atoms with Crippen molar-refractivity contribution in [3.05, 3.63) is 23.4 Å². The molecule has 0 saturated carbocycles. The fourth-order valence-electron chi connectivity index (χ4n) is 1.21. The van der Waals surface area contributed by atoms with Crippen LogP contribution < -0.4 is 5.32 Å². The van der Waals surface area contributed by atoms with Gasteiger partial charge < -0.3 is 5.32 Å². The van der Waals surface area contributed by atoms with Gasteiger partial charge in [0.05, 0.1) is 11.1 Å². The zero-order valence-corrected chi connectivity index (χ0v) is 9.66. The summed E-state index contributed by atoms with van der Waals surface area (Å²) in [4.78, 5) is 15.5. The Labute approximate surface area is 99.2 Å². The molecule has 0 aliphatic heterocycles. The molecule has 1 rings (SSSR count). The second-order valence-electron chi connectivity index (χ2n) is 3.32. The van der Waals surface area contributed by atoms with Crippen LogP contribution in [0, 0.1) is 17.2 Å². The van der Waals surface area contributed by atoms with E-state index in [4.69, 9.17) is 16.9 Å². The number of nitriles is 1. The largest absolute Gasteiger partial charge is 0.310 e. The zero-order chi connectivity index (χ0) is 12.0. The molecule has 0 bridgehead atoms. The minimum atomic E-state index is -0.623. The molecule has 0 spiro atoms. The number of hydrogen-bond donors (Lipinski definition) is 1. The maximum Gasteiger partial charge on any atom is 0.242 e. The van der Waals surface area contributed by atoms with Gasteiger partial charge in [-0.1, -0.05) is 24.9 Å². The Morgan fingerprint density at radius 2 is 2.44 bits per heavy atom. The molecule has 0 saturated heterocycles. The van der Waals surface area contributed by atoms with Crippen LogP contribution in [-0.2, 0) is 4.79 Å². The third kappa shape index (κ3) is 3.52. The molecule has 5 heteroatoms. The third-order valence-electron chi connectivity index (χ3n) is 2.03. The van der Waals surface area contributed by atoms with Gasteiger partial charge in [-0.25, -0.2) is 4.98 Å². The Morgan fingerprint density at radius 3 is 2.94 bits per heavy atom. The number of nitrogens with one attached hydrogen (secondary N) is 1. The van der Waals surface area contributed by atoms with Gasteiger partial charge in [0, 0.05) is 6.20 Å². The first-order valence-electron chi connectivity index (χ1n) is 4.99. The number of anilines is 1. The van der Waals surface area contributed by atoms with Crippen LogP contribution >= 0.6 is 11.6 Å². The summed E-state index contributed by atoms with van der Waals surface area (Å²) in [5.74, 6) is -0.535. The van der Waals surface area contributed by atoms with Crippen LogP contribution in [0.1, 0.15) is 19.8 Å². The van der Waals surface area contributed by atoms with Gasteiger partial charge in [-0.2, -0.15) is 5.26 Å². The SMILES string of the molecule is CCCC(C#N)C(=O)Nc1ccc(Cl)cn1. The highest BCUT2D eigenvalue weighted by molar-refractivity contribution is 6.30. The number of rotatable bonds is 4. The molecule has 0 fully saturated rings. The van der Waals surface area contributed by atoms with E-state index in [0.29, 0.717) is 17.3 Å². The topological polar surface area (TPSA) is 65.8 Å². The number of amides is 1. The van der Waals surface area contributed by atoms with Crippen molar-refractivity contribution in [1.82, 2.24) is 4.98 Å². The maximum atomic E-state index is 11.6. The van der Waals surface area contributed by atoms with Gasteiger partial charge in [0.1, 0.15) is 11.7 Å². The van der Waals surface area contributed by atoms with Crippen molar-refractivity contribution in [3.8, 4) is 6.07 Å². The van der Waals surface area contributed by atoms with Crippen molar-refractivity contribution < 1.29 is 4.79 Å². The van der Waals surface area contributed by atoms with Gasteiger partial charge in [0.25, 0.3) is 0 Å². The summed E-state index contributed by atoms with van der Waals surface area (Å²) in [7, 11) is 0. The molecule has 1 amide bonds. The highest BCUT2D eigenvalue weighted by Crippen LogP contribution is 2.12. The van der Waals surface area contributed by atoms with Crippen LogP contribution in [0.4, 0.5) is 5.82 Å². The Balaban J connectivity index is 2.63. The number of carbonyl (C=O) groups excluding carboxylic acids is 1. The van der Waals surface area contributed by atoms with E-state index < -0.39 is 5.92 Å². The zero-order valence-electron chi connectivity index (χ0n) is 8.90. The van der Waals surface area contributed by atoms with E-state index in [1.54, 1.807) is 12.1 Å². The van der Waals surface area contributed by atoms with E-state index in [0.717, 1.165) is 6.42 Å². The molecule has 0 radical (unpaired) electrons. The van der Waals surface area contributed by atoms with Crippen LogP contribution in [0.2, 0.25) is 5.02 Å². The predicted molar refractivity (Wildman–Crippen MR) is 61.9 cm³/mol. The summed E-state index contributed by atoms with van der Waals surface area (Å²) in [6.45, 7) is 1.93. The average molecular weight is 238 g/mol. The first-order chi connectivity index (χ1) is 7.67. The Kier molecular flexibility index (Phi) is 4.74. The summed E-state index contributed by atoms with van der Waals surface area (Å²) < 4.78 is 0. The van der Waals surface area contributed by atoms with Gasteiger partial charge in [-0.05, 0) is 18.6 Å². The summed E-state index contributed by atoms with van der Waals surface area (Å²) >= 11 is 5.66. The molecule has 1 N–H and O–H groups in total. The Hall–Kier alpha value is -1.60. The molecule has 0 aliphatic carbocycles. The molecule has 1 heterocycles. The second kappa shape index (κ2) is 6.09. The summed E-state index contributed by atoms with van der Waals surface area (Å²) in [5.41, 5.74) is 0. The fourth-order valence-corrected chi connectivity index (χ4v) is 1.32. The molecule has 84 valence electrons. The van der Waals surface area contributed by atoms with Gasteiger partial charge in [0.2, 0.25) is 5.91 Å². The molecule has 4 nitrogen and oxygen atoms in total. The van der Waals surface area contributed by atoms with E-state index in [2.05, 4.69) is 10.3 Å². The van der Waals surface area contributed by atoms with Crippen LogP contribution in [0.15, 0.2) is 18.3 Å². The lowest BCUT2D eigenvalue weighted by atomic mass is 10.1. The molecular formula is C11H12ClN3O. The third-order valence-corrected chi connectivity index (χ3v) is 2.25. The highest BCUT2D eigenvalue weighted by atomic mass is 35.5. The lowest BCUT2D eigenvalue weighted by Crippen LogP contribution is -2.21. The van der Waals surface area contributed by atoms with E-state index in [9.17, 15) is 4.79 Å². The number of hydrogen-bond acceptors (Lipinski definition) is 3. The number of aromatic nitrogens is 1. The molecule has 16 heavy (non-hydrogen) atoms. The highest BCUT2D eigenvalue weighted by Gasteiger charge is 2.16. The first kappa shape index (κ1) is 12.5. The molecule has 1 aromatic heterocycles. The summed E-state index contributed by atoms with van der Waals surface area (Å²) in [5, 5.41) is 11.9. The molecule has 0 aromatic carbocycles. The van der Waals surface area contributed by atoms with Crippen molar-refractivity contribution in [3.63, 3.8) is 0 Å². The second-order valence-corrected chi connectivity index (χ2v) is 3.76. The van der Waals surface area contributed by atoms with Gasteiger partial charge in [0.15, 0.2) is 0 Å². The Morgan fingerprint density at radius 1 is 1.69 bits per heavy atom. The molecule has 1 unspecified atom stereocenters. The van der Waals surface area contributed by atoms with E-state index in [1.165, 1.54) is 6.20 Å². The first-order valence-corrected chi connectivity index (χ1v) is 5.37. The predicted octanol–water partition coefficient (Wildman–Crippen LogP) is 2.61. The van der Waals surface area contributed by atoms with Gasteiger partial charge in [-0.3, -0.25) is 4.79 Å². The van der Waals surface area contributed by atoms with Gasteiger partial charge >= 0.3 is 0 Å². The van der Waals surface area contributed by atoms with Crippen LogP contribution in [0.25, 0.3) is 0 Å². The number of nitrogens with zero attached hydrogens (tertiary/aromatic N) is 2. The average Bonchev–Trinajstić information content (AvgIpc) is 2.29. The molecule has 1 aromatic rings. The lowest BCUT2D eigenvalue weighted by Gasteiger charge is -2.08. The van der Waals surface area contributed by atoms with Crippen LogP contribution in [-0.4, -0.2) is 10.9 Å². The van der Waals surface area contributed by atoms with Crippen molar-refractivity contribution in [2.75, 3.05) is 5.32 Å². The Bertz CT molecular complexity index is 397. The van der Waals surface area contributed by atoms with Crippen molar-refractivity contribution in [2.24, 2.45) is 5.92 Å². The quantitative estimate of drug-likeness (QED) is 0.875. The van der Waals surface area contributed by atoms with Gasteiger partial charge in [-0.15, -0.1) is 0 Å². The normalized spacial score (nSPS) is 11.6. The van der Waals surface area contributed by atoms with E-state index in [1.807, 2.05) is 13.0 Å². The van der Waals surface area contributed by atoms with Crippen molar-refractivity contribution in [2.45, 2.75) is 19.8 Å². The number of carbonyl (C=O) groups is 1. The van der Waals surface area contributed by atoms with E-state index >= 15 is 0 Å². The van der Waals surface area contributed by atoms with Crippen LogP contribution in [0.3, 0.4) is 0 Å². The number of halogens is 1. The molecular weight excluding hydrogens is 226 g/mol. The fraction of sp³-hybridized carbons (Fsp3) is 0.364. The van der Waals surface area contributed by atoms with Crippen molar-refractivity contribution >= 4 is 23.3 Å². The standard InChI is InChI=1S/C11H12ClN3O/c1-2-3-8(6-13)11(16)15-10-5-4-9(12)7-14-10/h4-5,7-8H,2-3H2,1H3,(H,14,15,16). The lowest BCUT2D eigenvalue weighted by molar-refractivity contribution is -0.118.